The number of carboxylic acids is 1. The number of carbonyl (C=O) groups excluding carboxylic acids is 9. The molecule has 376 valence electrons. The maximum atomic E-state index is 13.3. The van der Waals surface area contributed by atoms with Gasteiger partial charge < -0.3 is 35.8 Å². The van der Waals surface area contributed by atoms with Crippen molar-refractivity contribution in [2.24, 2.45) is 0 Å². The fourth-order valence-corrected chi connectivity index (χ4v) is 7.35. The van der Waals surface area contributed by atoms with Gasteiger partial charge in [0, 0.05) is 56.6 Å². The van der Waals surface area contributed by atoms with Crippen molar-refractivity contribution in [1.29, 1.82) is 0 Å². The Labute approximate surface area is 400 Å². The second-order valence-corrected chi connectivity index (χ2v) is 17.3. The minimum absolute atomic E-state index is 0.00201. The summed E-state index contributed by atoms with van der Waals surface area (Å²) in [6.45, 7) is 6.42. The Hall–Kier alpha value is -5.82. The van der Waals surface area contributed by atoms with Crippen LogP contribution in [0.1, 0.15) is 62.0 Å². The van der Waals surface area contributed by atoms with Gasteiger partial charge in [-0.1, -0.05) is 13.8 Å². The molecule has 2 aliphatic rings. The summed E-state index contributed by atoms with van der Waals surface area (Å²) < 4.78 is 10.7. The van der Waals surface area contributed by atoms with Crippen LogP contribution < -0.4 is 21.3 Å². The van der Waals surface area contributed by atoms with Crippen molar-refractivity contribution in [3.63, 3.8) is 0 Å². The number of rotatable bonds is 28. The fraction of sp³-hybridized carbons (Fsp3) is 0.614. The highest BCUT2D eigenvalue weighted by atomic mass is 32.2. The zero-order valence-electron chi connectivity index (χ0n) is 39.5. The number of carboxylic acid groups (broad SMARTS) is 1. The van der Waals surface area contributed by atoms with Gasteiger partial charge >= 0.3 is 17.9 Å². The van der Waals surface area contributed by atoms with E-state index >= 15 is 0 Å². The number of carbonyl (C=O) groups is 10. The van der Waals surface area contributed by atoms with E-state index < -0.39 is 72.4 Å². The first-order valence-electron chi connectivity index (χ1n) is 22.5. The van der Waals surface area contributed by atoms with Crippen molar-refractivity contribution in [3.05, 3.63) is 41.7 Å². The van der Waals surface area contributed by atoms with E-state index in [-0.39, 0.29) is 75.8 Å². The zero-order chi connectivity index (χ0) is 50.2. The maximum Gasteiger partial charge on any atom is 0.326 e. The molecule has 68 heavy (non-hydrogen) atoms. The van der Waals surface area contributed by atoms with Crippen LogP contribution in [0.5, 0.6) is 0 Å². The Morgan fingerprint density at radius 1 is 0.897 bits per heavy atom. The number of nitrogens with zero attached hydrogens (tertiary/aromatic N) is 6. The number of cyclic esters (lactones) is 2. The van der Waals surface area contributed by atoms with Crippen LogP contribution >= 0.6 is 11.8 Å². The van der Waals surface area contributed by atoms with Crippen LogP contribution in [-0.4, -0.2) is 217 Å². The summed E-state index contributed by atoms with van der Waals surface area (Å²) in [4.78, 5) is 138. The number of aromatic nitrogens is 1. The molecule has 1 fully saturated rings. The van der Waals surface area contributed by atoms with Gasteiger partial charge in [-0.2, -0.15) is 11.8 Å². The van der Waals surface area contributed by atoms with Gasteiger partial charge in [0.2, 0.25) is 17.7 Å². The summed E-state index contributed by atoms with van der Waals surface area (Å²) in [6.07, 6.45) is 4.74. The second kappa shape index (κ2) is 29.8. The smallest absolute Gasteiger partial charge is 0.326 e. The first-order chi connectivity index (χ1) is 32.4. The van der Waals surface area contributed by atoms with Gasteiger partial charge in [-0.3, -0.25) is 72.6 Å². The van der Waals surface area contributed by atoms with Gasteiger partial charge in [-0.05, 0) is 77.0 Å². The molecule has 3 rings (SSSR count). The van der Waals surface area contributed by atoms with Gasteiger partial charge in [0.05, 0.1) is 51.4 Å². The molecule has 23 nitrogen and oxygen atoms in total. The molecule has 2 aliphatic heterocycles. The van der Waals surface area contributed by atoms with Gasteiger partial charge in [-0.15, -0.1) is 0 Å². The van der Waals surface area contributed by atoms with E-state index in [0.717, 1.165) is 17.1 Å². The third kappa shape index (κ3) is 21.0. The van der Waals surface area contributed by atoms with Crippen LogP contribution in [0.2, 0.25) is 0 Å². The quantitative estimate of drug-likeness (QED) is 0.0353. The maximum absolute atomic E-state index is 13.3. The van der Waals surface area contributed by atoms with E-state index in [9.17, 15) is 53.1 Å². The number of aliphatic carboxylic acids is 1. The minimum Gasteiger partial charge on any atom is -0.480 e. The van der Waals surface area contributed by atoms with E-state index in [1.807, 2.05) is 29.9 Å². The number of pyridine rings is 1. The fourth-order valence-electron chi connectivity index (χ4n) is 6.88. The van der Waals surface area contributed by atoms with E-state index in [0.29, 0.717) is 63.6 Å². The van der Waals surface area contributed by atoms with Crippen molar-refractivity contribution in [1.82, 2.24) is 50.8 Å². The lowest BCUT2D eigenvalue weighted by molar-refractivity contribution is -0.189. The molecule has 1 unspecified atom stereocenters. The lowest BCUT2D eigenvalue weighted by Gasteiger charge is -2.24. The van der Waals surface area contributed by atoms with Gasteiger partial charge in [0.15, 0.2) is 5.78 Å². The number of hydrogen-bond acceptors (Lipinski definition) is 18. The number of ether oxygens (including phenoxy) is 2. The highest BCUT2D eigenvalue weighted by molar-refractivity contribution is 7.98. The van der Waals surface area contributed by atoms with Crippen LogP contribution in [-0.2, 0) is 59.2 Å². The number of unbranched alkanes of at least 4 members (excludes halogenated alkanes) is 1. The normalized spacial score (nSPS) is 17.0. The summed E-state index contributed by atoms with van der Waals surface area (Å²) in [7, 11) is 3.50. The lowest BCUT2D eigenvalue weighted by Crippen LogP contribution is -2.51. The molecular formula is C44H66N10O13S. The molecular weight excluding hydrogens is 909 g/mol. The van der Waals surface area contributed by atoms with Gasteiger partial charge in [-0.25, -0.2) is 4.79 Å². The molecule has 24 heteroatoms. The molecule has 0 saturated carbocycles. The monoisotopic (exact) mass is 974 g/mol. The Bertz CT molecular complexity index is 1950. The molecule has 0 aromatic carbocycles. The van der Waals surface area contributed by atoms with E-state index in [1.165, 1.54) is 30.1 Å². The van der Waals surface area contributed by atoms with Gasteiger partial charge in [0.1, 0.15) is 12.1 Å². The van der Waals surface area contributed by atoms with E-state index in [4.69, 9.17) is 9.47 Å². The van der Waals surface area contributed by atoms with Crippen LogP contribution in [0, 0.1) is 0 Å². The number of imide groups is 1. The Morgan fingerprint density at radius 2 is 1.60 bits per heavy atom. The van der Waals surface area contributed by atoms with Crippen LogP contribution in [0.3, 0.4) is 0 Å². The van der Waals surface area contributed by atoms with Crippen molar-refractivity contribution < 1.29 is 62.5 Å². The lowest BCUT2D eigenvalue weighted by atomic mass is 10.1. The van der Waals surface area contributed by atoms with Crippen LogP contribution in [0.25, 0.3) is 0 Å². The molecule has 0 aliphatic carbocycles. The molecule has 0 radical (unpaired) electrons. The number of thioether (sulfide) groups is 1. The van der Waals surface area contributed by atoms with Crippen molar-refractivity contribution in [2.75, 3.05) is 105 Å². The van der Waals surface area contributed by atoms with E-state index in [2.05, 4.69) is 26.3 Å². The first kappa shape index (κ1) is 56.5. The summed E-state index contributed by atoms with van der Waals surface area (Å²) >= 11 is 1.44. The Kier molecular flexibility index (Phi) is 24.8. The SMILES string of the molecule is CCN(CCN(C)CC(=O)CC1OC(=O)CN(C)CCN(CC)CC(=O)O1)CC(=O)NCc1cc(C(=O)N[C@@H](CCSC)C(=O)NCC(=O)N[C@@H](CCCCN2C(=O)C=CC2=O)C(=O)O)ccn1. The minimum atomic E-state index is -1.34. The third-order valence-corrected chi connectivity index (χ3v) is 11.5. The summed E-state index contributed by atoms with van der Waals surface area (Å²) in [6, 6.07) is 0.598. The molecule has 0 spiro atoms. The predicted molar refractivity (Wildman–Crippen MR) is 247 cm³/mol. The highest BCUT2D eigenvalue weighted by Crippen LogP contribution is 2.11. The number of ketones is 1. The Morgan fingerprint density at radius 3 is 2.26 bits per heavy atom. The Balaban J connectivity index is 1.44. The molecule has 3 heterocycles. The van der Waals surface area contributed by atoms with E-state index in [1.54, 1.807) is 23.9 Å². The zero-order valence-corrected chi connectivity index (χ0v) is 40.3. The van der Waals surface area contributed by atoms with Crippen LogP contribution in [0.4, 0.5) is 0 Å². The molecule has 0 bridgehead atoms. The average molecular weight is 975 g/mol. The van der Waals surface area contributed by atoms with Gasteiger partial charge in [0.25, 0.3) is 24.0 Å². The number of esters is 2. The number of amides is 6. The second-order valence-electron chi connectivity index (χ2n) is 16.3. The number of hydrogen-bond donors (Lipinski definition) is 5. The number of Topliss-reactive ketones (excluding diaryl/α,β-unsaturated/α-hetero) is 1. The molecule has 6 amide bonds. The predicted octanol–water partition coefficient (Wildman–Crippen LogP) is -1.78. The largest absolute Gasteiger partial charge is 0.480 e. The molecule has 5 N–H and O–H groups in total. The summed E-state index contributed by atoms with van der Waals surface area (Å²) in [5.74, 6) is -5.54. The topological polar surface area (TPSA) is 287 Å². The average Bonchev–Trinajstić information content (AvgIpc) is 3.61. The van der Waals surface area contributed by atoms with Crippen molar-refractivity contribution in [3.8, 4) is 0 Å². The molecule has 3 atom stereocenters. The summed E-state index contributed by atoms with van der Waals surface area (Å²) in [5.41, 5.74) is 0.535. The standard InChI is InChI=1S/C44H66N10O13S/c1-6-52(19-17-50(3)26-32(55)23-41-66-39(60)28-51(4)18-20-53(7-2)29-40(61)67-41)27-36(57)46-24-31-22-30(13-15-45-31)42(62)49-33(14-21-68-5)43(63)47-25-35(56)48-34(44(64)65)10-8-9-16-54-37(58)11-12-38(54)59/h11-13,15,22,33-34,41H,6-10,14,16-21,23-29H2,1-5H3,(H,46,57)(H,47,63)(H,48,56)(H,49,62)(H,64,65)/t33-,34-,41?/m0/s1. The molecule has 1 saturated heterocycles. The first-order valence-corrected chi connectivity index (χ1v) is 23.9. The number of nitrogens with one attached hydrogen (secondary N) is 4. The van der Waals surface area contributed by atoms with Crippen molar-refractivity contribution >= 4 is 70.9 Å². The highest BCUT2D eigenvalue weighted by Gasteiger charge is 2.28. The third-order valence-electron chi connectivity index (χ3n) is 10.8. The summed E-state index contributed by atoms with van der Waals surface area (Å²) in [5, 5.41) is 19.9. The number of likely N-dealkylation sites (N-methyl/N-ethyl adjacent to an activating group) is 4. The van der Waals surface area contributed by atoms with Crippen LogP contribution in [0.15, 0.2) is 30.5 Å². The molecule has 1 aromatic rings. The molecule has 1 aromatic heterocycles. The van der Waals surface area contributed by atoms with Crippen molar-refractivity contribution in [2.45, 2.75) is 70.9 Å².